The van der Waals surface area contributed by atoms with E-state index < -0.39 is 0 Å². The first-order valence-corrected chi connectivity index (χ1v) is 8.67. The highest BCUT2D eigenvalue weighted by Gasteiger charge is 2.27. The van der Waals surface area contributed by atoms with Crippen LogP contribution in [0.1, 0.15) is 36.7 Å². The van der Waals surface area contributed by atoms with Gasteiger partial charge in [0, 0.05) is 26.4 Å². The monoisotopic (exact) mass is 344 g/mol. The molecule has 0 spiro atoms. The molecular formula is C18H24N4O3. The lowest BCUT2D eigenvalue weighted by atomic mass is 10.1. The van der Waals surface area contributed by atoms with Crippen molar-refractivity contribution >= 4 is 6.03 Å². The molecule has 0 saturated carbocycles. The Hall–Kier alpha value is -2.41. The summed E-state index contributed by atoms with van der Waals surface area (Å²) in [5, 5.41) is 6.91. The van der Waals surface area contributed by atoms with Crippen molar-refractivity contribution < 1.29 is 14.1 Å². The summed E-state index contributed by atoms with van der Waals surface area (Å²) in [5.41, 5.74) is 1.21. The molecule has 0 radical (unpaired) electrons. The normalized spacial score (nSPS) is 18.8. The van der Waals surface area contributed by atoms with Crippen LogP contribution in [-0.2, 0) is 11.2 Å². The number of carbonyl (C=O) groups excluding carboxylic acids is 1. The SMILES string of the molecule is CC[C@H](NC(=O)N1CCO[C@@H](Cc2ccccc2)C1)c1noc(C)n1. The van der Waals surface area contributed by atoms with Crippen LogP contribution in [0.25, 0.3) is 0 Å². The number of carbonyl (C=O) groups is 1. The van der Waals surface area contributed by atoms with Gasteiger partial charge >= 0.3 is 6.03 Å². The van der Waals surface area contributed by atoms with Gasteiger partial charge in [0.1, 0.15) is 0 Å². The van der Waals surface area contributed by atoms with Crippen molar-refractivity contribution in [1.82, 2.24) is 20.4 Å². The van der Waals surface area contributed by atoms with Gasteiger partial charge in [0.05, 0.1) is 18.8 Å². The maximum absolute atomic E-state index is 12.6. The third kappa shape index (κ3) is 4.57. The van der Waals surface area contributed by atoms with Crippen LogP contribution in [0.4, 0.5) is 4.79 Å². The van der Waals surface area contributed by atoms with Crippen LogP contribution < -0.4 is 5.32 Å². The Morgan fingerprint density at radius 2 is 2.20 bits per heavy atom. The summed E-state index contributed by atoms with van der Waals surface area (Å²) in [6.07, 6.45) is 1.50. The zero-order chi connectivity index (χ0) is 17.6. The molecule has 2 heterocycles. The molecule has 7 nitrogen and oxygen atoms in total. The number of aromatic nitrogens is 2. The summed E-state index contributed by atoms with van der Waals surface area (Å²) in [7, 11) is 0. The van der Waals surface area contributed by atoms with Crippen molar-refractivity contribution in [3.63, 3.8) is 0 Å². The lowest BCUT2D eigenvalue weighted by molar-refractivity contribution is -0.0137. The molecular weight excluding hydrogens is 320 g/mol. The summed E-state index contributed by atoms with van der Waals surface area (Å²) in [5.74, 6) is 1.01. The van der Waals surface area contributed by atoms with Gasteiger partial charge in [0.25, 0.3) is 0 Å². The number of hydrogen-bond acceptors (Lipinski definition) is 5. The second kappa shape index (κ2) is 8.11. The number of amides is 2. The second-order valence-corrected chi connectivity index (χ2v) is 6.21. The molecule has 2 aromatic rings. The molecule has 1 aliphatic rings. The minimum Gasteiger partial charge on any atom is -0.374 e. The van der Waals surface area contributed by atoms with Crippen molar-refractivity contribution in [1.29, 1.82) is 0 Å². The van der Waals surface area contributed by atoms with E-state index in [0.717, 1.165) is 6.42 Å². The molecule has 2 atom stereocenters. The summed E-state index contributed by atoms with van der Waals surface area (Å²) >= 11 is 0. The third-order valence-electron chi connectivity index (χ3n) is 4.29. The highest BCUT2D eigenvalue weighted by molar-refractivity contribution is 5.74. The average Bonchev–Trinajstić information content (AvgIpc) is 3.07. The van der Waals surface area contributed by atoms with Crippen molar-refractivity contribution in [2.75, 3.05) is 19.7 Å². The van der Waals surface area contributed by atoms with Gasteiger partial charge in [-0.15, -0.1) is 0 Å². The molecule has 1 N–H and O–H groups in total. The molecule has 0 aliphatic carbocycles. The van der Waals surface area contributed by atoms with E-state index in [2.05, 4.69) is 27.6 Å². The molecule has 25 heavy (non-hydrogen) atoms. The minimum atomic E-state index is -0.250. The van der Waals surface area contributed by atoms with Gasteiger partial charge in [0.2, 0.25) is 5.89 Å². The second-order valence-electron chi connectivity index (χ2n) is 6.21. The van der Waals surface area contributed by atoms with E-state index >= 15 is 0 Å². The molecule has 0 unspecified atom stereocenters. The fraction of sp³-hybridized carbons (Fsp3) is 0.500. The molecule has 1 aromatic carbocycles. The smallest absolute Gasteiger partial charge is 0.318 e. The van der Waals surface area contributed by atoms with E-state index in [4.69, 9.17) is 9.26 Å². The Bertz CT molecular complexity index is 689. The molecule has 134 valence electrons. The highest BCUT2D eigenvalue weighted by Crippen LogP contribution is 2.16. The number of rotatable bonds is 5. The number of hydrogen-bond donors (Lipinski definition) is 1. The minimum absolute atomic E-state index is 0.00870. The number of ether oxygens (including phenoxy) is 1. The van der Waals surface area contributed by atoms with Gasteiger partial charge in [-0.25, -0.2) is 4.79 Å². The van der Waals surface area contributed by atoms with Crippen LogP contribution in [0.5, 0.6) is 0 Å². The molecule has 1 saturated heterocycles. The highest BCUT2D eigenvalue weighted by atomic mass is 16.5. The Labute approximate surface area is 147 Å². The molecule has 3 rings (SSSR count). The Morgan fingerprint density at radius 1 is 1.40 bits per heavy atom. The average molecular weight is 344 g/mol. The van der Waals surface area contributed by atoms with E-state index in [0.29, 0.717) is 37.8 Å². The van der Waals surface area contributed by atoms with E-state index in [-0.39, 0.29) is 18.2 Å². The Balaban J connectivity index is 1.57. The van der Waals surface area contributed by atoms with Crippen molar-refractivity contribution in [3.8, 4) is 0 Å². The Morgan fingerprint density at radius 3 is 2.88 bits per heavy atom. The zero-order valence-electron chi connectivity index (χ0n) is 14.6. The van der Waals surface area contributed by atoms with E-state index in [9.17, 15) is 4.79 Å². The van der Waals surface area contributed by atoms with Crippen LogP contribution in [0.2, 0.25) is 0 Å². The standard InChI is InChI=1S/C18H24N4O3/c1-3-16(17-19-13(2)25-21-17)20-18(23)22-9-10-24-15(12-22)11-14-7-5-4-6-8-14/h4-8,15-16H,3,9-12H2,1-2H3,(H,20,23)/t15-,16-/m0/s1. The largest absolute Gasteiger partial charge is 0.374 e. The number of aryl methyl sites for hydroxylation is 1. The maximum Gasteiger partial charge on any atom is 0.318 e. The number of nitrogens with zero attached hydrogens (tertiary/aromatic N) is 3. The summed E-state index contributed by atoms with van der Waals surface area (Å²) in [4.78, 5) is 18.6. The van der Waals surface area contributed by atoms with E-state index in [1.165, 1.54) is 5.56 Å². The van der Waals surface area contributed by atoms with Crippen LogP contribution in [-0.4, -0.2) is 46.9 Å². The van der Waals surface area contributed by atoms with Crippen molar-refractivity contribution in [3.05, 3.63) is 47.6 Å². The fourth-order valence-corrected chi connectivity index (χ4v) is 2.95. The quantitative estimate of drug-likeness (QED) is 0.901. The first-order chi connectivity index (χ1) is 12.2. The van der Waals surface area contributed by atoms with Gasteiger partial charge in [0.15, 0.2) is 5.82 Å². The topological polar surface area (TPSA) is 80.5 Å². The molecule has 2 amide bonds. The van der Waals surface area contributed by atoms with Crippen molar-refractivity contribution in [2.24, 2.45) is 0 Å². The van der Waals surface area contributed by atoms with Gasteiger partial charge in [-0.1, -0.05) is 42.4 Å². The van der Waals surface area contributed by atoms with Crippen molar-refractivity contribution in [2.45, 2.75) is 38.8 Å². The summed E-state index contributed by atoms with van der Waals surface area (Å²) in [6, 6.07) is 9.82. The first kappa shape index (κ1) is 17.4. The molecule has 1 fully saturated rings. The van der Waals surface area contributed by atoms with Crippen LogP contribution in [0.3, 0.4) is 0 Å². The van der Waals surface area contributed by atoms with E-state index in [1.807, 2.05) is 25.1 Å². The zero-order valence-corrected chi connectivity index (χ0v) is 14.6. The molecule has 0 bridgehead atoms. The van der Waals surface area contributed by atoms with Gasteiger partial charge in [-0.05, 0) is 12.0 Å². The predicted molar refractivity (Wildman–Crippen MR) is 92.1 cm³/mol. The van der Waals surface area contributed by atoms with Gasteiger partial charge in [-0.2, -0.15) is 4.98 Å². The lowest BCUT2D eigenvalue weighted by Crippen LogP contribution is -2.50. The van der Waals surface area contributed by atoms with E-state index in [1.54, 1.807) is 11.8 Å². The van der Waals surface area contributed by atoms with Gasteiger partial charge in [-0.3, -0.25) is 0 Å². The number of morpholine rings is 1. The van der Waals surface area contributed by atoms with Crippen LogP contribution in [0, 0.1) is 6.92 Å². The van der Waals surface area contributed by atoms with Gasteiger partial charge < -0.3 is 19.5 Å². The molecule has 1 aromatic heterocycles. The number of benzene rings is 1. The maximum atomic E-state index is 12.6. The van der Waals surface area contributed by atoms with Crippen LogP contribution >= 0.6 is 0 Å². The molecule has 7 heteroatoms. The third-order valence-corrected chi connectivity index (χ3v) is 4.29. The van der Waals surface area contributed by atoms with Crippen LogP contribution in [0.15, 0.2) is 34.9 Å². The molecule has 1 aliphatic heterocycles. The fourth-order valence-electron chi connectivity index (χ4n) is 2.95. The summed E-state index contributed by atoms with van der Waals surface area (Å²) < 4.78 is 10.8. The summed E-state index contributed by atoms with van der Waals surface area (Å²) in [6.45, 7) is 5.42. The Kier molecular flexibility index (Phi) is 5.65. The lowest BCUT2D eigenvalue weighted by Gasteiger charge is -2.33. The predicted octanol–water partition coefficient (Wildman–Crippen LogP) is 2.48. The number of nitrogens with one attached hydrogen (secondary N) is 1. The number of urea groups is 1. The first-order valence-electron chi connectivity index (χ1n) is 8.67.